The van der Waals surface area contributed by atoms with Gasteiger partial charge in [-0.2, -0.15) is 0 Å². The van der Waals surface area contributed by atoms with Gasteiger partial charge in [-0.3, -0.25) is 0 Å². The number of aryl methyl sites for hydroxylation is 1. The summed E-state index contributed by atoms with van der Waals surface area (Å²) in [5.74, 6) is 2.04. The number of aromatic amines is 1. The monoisotopic (exact) mass is 286 g/mol. The molecule has 0 saturated carbocycles. The molecule has 0 bridgehead atoms. The lowest BCUT2D eigenvalue weighted by Gasteiger charge is -2.08. The predicted octanol–water partition coefficient (Wildman–Crippen LogP) is 4.29. The minimum absolute atomic E-state index is 0.385. The molecular weight excluding hydrogens is 272 g/mol. The standard InChI is InChI=1S/C16H15ClN2O/c1-10-8-11(20-2)6-7-12(10)13-4-3-5-14-16(13)19-15(9-17)18-14/h3-8H,9H2,1-2H3,(H,18,19). The van der Waals surface area contributed by atoms with Gasteiger partial charge in [0.25, 0.3) is 0 Å². The van der Waals surface area contributed by atoms with Gasteiger partial charge in [-0.1, -0.05) is 18.2 Å². The molecule has 102 valence electrons. The van der Waals surface area contributed by atoms with Gasteiger partial charge in [0.05, 0.1) is 24.0 Å². The molecule has 4 heteroatoms. The highest BCUT2D eigenvalue weighted by atomic mass is 35.5. The highest BCUT2D eigenvalue weighted by Crippen LogP contribution is 2.31. The van der Waals surface area contributed by atoms with Gasteiger partial charge in [-0.15, -0.1) is 11.6 Å². The largest absolute Gasteiger partial charge is 0.497 e. The van der Waals surface area contributed by atoms with Crippen LogP contribution < -0.4 is 4.74 Å². The summed E-state index contributed by atoms with van der Waals surface area (Å²) < 4.78 is 5.26. The van der Waals surface area contributed by atoms with E-state index < -0.39 is 0 Å². The molecule has 0 saturated heterocycles. The van der Waals surface area contributed by atoms with Crippen molar-refractivity contribution in [3.05, 3.63) is 47.8 Å². The number of hydrogen-bond donors (Lipinski definition) is 1. The van der Waals surface area contributed by atoms with Gasteiger partial charge in [0, 0.05) is 5.56 Å². The van der Waals surface area contributed by atoms with Crippen molar-refractivity contribution < 1.29 is 4.74 Å². The molecule has 0 atom stereocenters. The van der Waals surface area contributed by atoms with Gasteiger partial charge in [-0.25, -0.2) is 4.98 Å². The number of rotatable bonds is 3. The Kier molecular flexibility index (Phi) is 3.36. The number of ether oxygens (including phenoxy) is 1. The SMILES string of the molecule is COc1ccc(-c2cccc3[nH]c(CCl)nc23)c(C)c1. The number of halogens is 1. The van der Waals surface area contributed by atoms with Crippen molar-refractivity contribution in [1.82, 2.24) is 9.97 Å². The lowest BCUT2D eigenvalue weighted by atomic mass is 9.99. The van der Waals surface area contributed by atoms with E-state index in [2.05, 4.69) is 29.0 Å². The van der Waals surface area contributed by atoms with E-state index in [1.54, 1.807) is 7.11 Å². The maximum Gasteiger partial charge on any atom is 0.122 e. The Morgan fingerprint density at radius 2 is 2.05 bits per heavy atom. The van der Waals surface area contributed by atoms with Crippen molar-refractivity contribution in [1.29, 1.82) is 0 Å². The second kappa shape index (κ2) is 5.17. The van der Waals surface area contributed by atoms with E-state index in [1.807, 2.05) is 24.3 Å². The first-order valence-electron chi connectivity index (χ1n) is 6.41. The number of methoxy groups -OCH3 is 1. The van der Waals surface area contributed by atoms with Crippen LogP contribution >= 0.6 is 11.6 Å². The van der Waals surface area contributed by atoms with Crippen LogP contribution in [0.3, 0.4) is 0 Å². The Morgan fingerprint density at radius 3 is 2.75 bits per heavy atom. The summed E-state index contributed by atoms with van der Waals surface area (Å²) in [6, 6.07) is 12.2. The fraction of sp³-hybridized carbons (Fsp3) is 0.188. The lowest BCUT2D eigenvalue weighted by Crippen LogP contribution is -1.88. The van der Waals surface area contributed by atoms with Crippen molar-refractivity contribution in [3.63, 3.8) is 0 Å². The molecule has 20 heavy (non-hydrogen) atoms. The quantitative estimate of drug-likeness (QED) is 0.730. The van der Waals surface area contributed by atoms with Crippen LogP contribution in [0.5, 0.6) is 5.75 Å². The highest BCUT2D eigenvalue weighted by Gasteiger charge is 2.10. The number of benzene rings is 2. The molecule has 3 rings (SSSR count). The Morgan fingerprint density at radius 1 is 1.20 bits per heavy atom. The number of imidazole rings is 1. The summed E-state index contributed by atoms with van der Waals surface area (Å²) in [6.07, 6.45) is 0. The zero-order valence-corrected chi connectivity index (χ0v) is 12.2. The molecule has 0 aliphatic carbocycles. The van der Waals surface area contributed by atoms with Crippen LogP contribution in [0.15, 0.2) is 36.4 Å². The van der Waals surface area contributed by atoms with Gasteiger partial charge in [0.2, 0.25) is 0 Å². The first kappa shape index (κ1) is 13.0. The molecule has 0 fully saturated rings. The van der Waals surface area contributed by atoms with Crippen LogP contribution in [0.1, 0.15) is 11.4 Å². The van der Waals surface area contributed by atoms with E-state index in [4.69, 9.17) is 16.3 Å². The fourth-order valence-corrected chi connectivity index (χ4v) is 2.56. The van der Waals surface area contributed by atoms with Crippen LogP contribution in [-0.4, -0.2) is 17.1 Å². The summed E-state index contributed by atoms with van der Waals surface area (Å²) in [5.41, 5.74) is 5.39. The van der Waals surface area contributed by atoms with Crippen LogP contribution in [0.2, 0.25) is 0 Å². The molecule has 0 aliphatic heterocycles. The molecule has 3 nitrogen and oxygen atoms in total. The summed E-state index contributed by atoms with van der Waals surface area (Å²) in [5, 5.41) is 0. The van der Waals surface area contributed by atoms with E-state index in [-0.39, 0.29) is 0 Å². The number of alkyl halides is 1. The predicted molar refractivity (Wildman–Crippen MR) is 82.4 cm³/mol. The van der Waals surface area contributed by atoms with Crippen molar-refractivity contribution in [2.75, 3.05) is 7.11 Å². The van der Waals surface area contributed by atoms with Crippen LogP contribution in [0.4, 0.5) is 0 Å². The number of aromatic nitrogens is 2. The molecule has 1 aromatic heterocycles. The molecule has 1 heterocycles. The van der Waals surface area contributed by atoms with Gasteiger partial charge < -0.3 is 9.72 Å². The molecule has 0 unspecified atom stereocenters. The van der Waals surface area contributed by atoms with Crippen LogP contribution in [0.25, 0.3) is 22.2 Å². The van der Waals surface area contributed by atoms with E-state index in [9.17, 15) is 0 Å². The smallest absolute Gasteiger partial charge is 0.122 e. The molecule has 0 amide bonds. The average molecular weight is 287 g/mol. The minimum atomic E-state index is 0.385. The lowest BCUT2D eigenvalue weighted by molar-refractivity contribution is 0.414. The van der Waals surface area contributed by atoms with Crippen LogP contribution in [0, 0.1) is 6.92 Å². The number of fused-ring (bicyclic) bond motifs is 1. The maximum absolute atomic E-state index is 5.86. The van der Waals surface area contributed by atoms with Crippen molar-refractivity contribution in [2.45, 2.75) is 12.8 Å². The molecule has 0 spiro atoms. The van der Waals surface area contributed by atoms with E-state index in [0.29, 0.717) is 5.88 Å². The van der Waals surface area contributed by atoms with E-state index in [1.165, 1.54) is 0 Å². The highest BCUT2D eigenvalue weighted by molar-refractivity contribution is 6.16. The first-order valence-corrected chi connectivity index (χ1v) is 6.95. The summed E-state index contributed by atoms with van der Waals surface area (Å²) >= 11 is 5.86. The number of nitrogens with one attached hydrogen (secondary N) is 1. The summed E-state index contributed by atoms with van der Waals surface area (Å²) in [7, 11) is 1.68. The van der Waals surface area contributed by atoms with Crippen molar-refractivity contribution >= 4 is 22.6 Å². The average Bonchev–Trinajstić information content (AvgIpc) is 2.90. The molecule has 0 aliphatic rings. The molecular formula is C16H15ClN2O. The second-order valence-electron chi connectivity index (χ2n) is 4.70. The third kappa shape index (κ3) is 2.14. The molecule has 2 aromatic carbocycles. The Labute approximate surface area is 122 Å². The molecule has 0 radical (unpaired) electrons. The van der Waals surface area contributed by atoms with Gasteiger partial charge in [-0.05, 0) is 36.2 Å². The maximum atomic E-state index is 5.86. The summed E-state index contributed by atoms with van der Waals surface area (Å²) in [4.78, 5) is 7.80. The van der Waals surface area contributed by atoms with Gasteiger partial charge >= 0.3 is 0 Å². The molecule has 3 aromatic rings. The third-order valence-corrected chi connectivity index (χ3v) is 3.67. The zero-order valence-electron chi connectivity index (χ0n) is 11.4. The number of nitrogens with zero attached hydrogens (tertiary/aromatic N) is 1. The third-order valence-electron chi connectivity index (χ3n) is 3.41. The van der Waals surface area contributed by atoms with Crippen molar-refractivity contribution in [3.8, 4) is 16.9 Å². The molecule has 1 N–H and O–H groups in total. The zero-order chi connectivity index (χ0) is 14.1. The first-order chi connectivity index (χ1) is 9.72. The number of hydrogen-bond acceptors (Lipinski definition) is 2. The topological polar surface area (TPSA) is 37.9 Å². The van der Waals surface area contributed by atoms with E-state index in [0.717, 1.165) is 39.3 Å². The fourth-order valence-electron chi connectivity index (χ4n) is 2.43. The summed E-state index contributed by atoms with van der Waals surface area (Å²) in [6.45, 7) is 2.08. The Hall–Kier alpha value is -2.00. The van der Waals surface area contributed by atoms with Gasteiger partial charge in [0.1, 0.15) is 11.6 Å². The van der Waals surface area contributed by atoms with Crippen LogP contribution in [-0.2, 0) is 5.88 Å². The number of H-pyrrole nitrogens is 1. The normalized spacial score (nSPS) is 10.9. The van der Waals surface area contributed by atoms with Gasteiger partial charge in [0.15, 0.2) is 0 Å². The van der Waals surface area contributed by atoms with Crippen molar-refractivity contribution in [2.24, 2.45) is 0 Å². The second-order valence-corrected chi connectivity index (χ2v) is 4.97. The van der Waals surface area contributed by atoms with E-state index >= 15 is 0 Å². The minimum Gasteiger partial charge on any atom is -0.497 e. The number of para-hydroxylation sites is 1. The Balaban J connectivity index is 2.21. The Bertz CT molecular complexity index is 764.